The van der Waals surface area contributed by atoms with Crippen LogP contribution in [0.3, 0.4) is 0 Å². The molecule has 9 heteroatoms. The first kappa shape index (κ1) is 19.3. The van der Waals surface area contributed by atoms with E-state index in [0.29, 0.717) is 4.90 Å². The number of thiophene rings is 1. The summed E-state index contributed by atoms with van der Waals surface area (Å²) >= 11 is 1.44. The number of halogens is 1. The second-order valence-electron chi connectivity index (χ2n) is 4.25. The van der Waals surface area contributed by atoms with Crippen LogP contribution in [0.1, 0.15) is 16.7 Å². The Morgan fingerprint density at radius 2 is 2.00 bits per heavy atom. The Morgan fingerprint density at radius 3 is 2.45 bits per heavy atom. The van der Waals surface area contributed by atoms with Crippen LogP contribution in [0.15, 0.2) is 11.0 Å². The van der Waals surface area contributed by atoms with Gasteiger partial charge in [-0.05, 0) is 26.8 Å². The zero-order valence-corrected chi connectivity index (χ0v) is 14.0. The molecule has 1 rings (SSSR count). The van der Waals surface area contributed by atoms with Crippen molar-refractivity contribution in [2.45, 2.75) is 31.7 Å². The lowest BCUT2D eigenvalue weighted by molar-refractivity contribution is -0.121. The molecule has 1 aromatic heterocycles. The molecule has 1 atom stereocenters. The van der Waals surface area contributed by atoms with E-state index in [2.05, 4.69) is 10.0 Å². The smallest absolute Gasteiger partial charge is 0.241 e. The highest BCUT2D eigenvalue weighted by Crippen LogP contribution is 2.24. The Labute approximate surface area is 129 Å². The summed E-state index contributed by atoms with van der Waals surface area (Å²) in [6.45, 7) is 5.54. The van der Waals surface area contributed by atoms with Crippen molar-refractivity contribution in [3.05, 3.63) is 15.8 Å². The molecule has 6 nitrogen and oxygen atoms in total. The molecule has 0 fully saturated rings. The van der Waals surface area contributed by atoms with Gasteiger partial charge in [-0.15, -0.1) is 23.7 Å². The second kappa shape index (κ2) is 7.94. The van der Waals surface area contributed by atoms with Gasteiger partial charge in [-0.25, -0.2) is 13.1 Å². The van der Waals surface area contributed by atoms with Gasteiger partial charge < -0.3 is 11.1 Å². The van der Waals surface area contributed by atoms with Crippen molar-refractivity contribution in [3.8, 4) is 0 Å². The lowest BCUT2D eigenvalue weighted by Crippen LogP contribution is -2.42. The highest BCUT2D eigenvalue weighted by molar-refractivity contribution is 7.89. The fraction of sp³-hybridized carbons (Fsp3) is 0.545. The van der Waals surface area contributed by atoms with Gasteiger partial charge in [0.2, 0.25) is 15.9 Å². The first-order valence-electron chi connectivity index (χ1n) is 5.84. The number of sulfonamides is 1. The van der Waals surface area contributed by atoms with Crippen LogP contribution in [-0.2, 0) is 14.8 Å². The highest BCUT2D eigenvalue weighted by atomic mass is 35.5. The summed E-state index contributed by atoms with van der Waals surface area (Å²) in [6, 6.07) is 1.04. The fourth-order valence-electron chi connectivity index (χ4n) is 1.48. The van der Waals surface area contributed by atoms with Gasteiger partial charge >= 0.3 is 0 Å². The topological polar surface area (TPSA) is 101 Å². The van der Waals surface area contributed by atoms with E-state index >= 15 is 0 Å². The Bertz CT molecular complexity index is 555. The number of nitrogens with two attached hydrogens (primary N) is 1. The van der Waals surface area contributed by atoms with Crippen LogP contribution in [0.25, 0.3) is 0 Å². The number of amides is 1. The Morgan fingerprint density at radius 1 is 1.40 bits per heavy atom. The molecule has 1 heterocycles. The van der Waals surface area contributed by atoms with Crippen molar-refractivity contribution < 1.29 is 13.2 Å². The van der Waals surface area contributed by atoms with Crippen molar-refractivity contribution in [1.29, 1.82) is 0 Å². The van der Waals surface area contributed by atoms with Crippen LogP contribution in [-0.4, -0.2) is 33.5 Å². The van der Waals surface area contributed by atoms with Gasteiger partial charge in [0, 0.05) is 22.8 Å². The van der Waals surface area contributed by atoms with E-state index in [1.54, 1.807) is 19.9 Å². The third kappa shape index (κ3) is 5.37. The lowest BCUT2D eigenvalue weighted by atomic mass is 10.3. The maximum atomic E-state index is 12.0. The summed E-state index contributed by atoms with van der Waals surface area (Å²) in [7, 11) is -3.51. The monoisotopic (exact) mass is 341 g/mol. The molecule has 0 aliphatic rings. The van der Waals surface area contributed by atoms with E-state index < -0.39 is 16.1 Å². The molecule has 1 amide bonds. The standard InChI is InChI=1S/C11H19N3O3S2.ClH/c1-7-6-10(9(3)18-7)19(16,17)14-5-4-13-11(15)8(2)12;/h6,8,14H,4-5,12H2,1-3H3,(H,13,15);1H. The molecule has 0 bridgehead atoms. The van der Waals surface area contributed by atoms with Gasteiger partial charge in [0.1, 0.15) is 0 Å². The zero-order valence-electron chi connectivity index (χ0n) is 11.6. The lowest BCUT2D eigenvalue weighted by Gasteiger charge is -2.09. The van der Waals surface area contributed by atoms with Crippen LogP contribution >= 0.6 is 23.7 Å². The minimum atomic E-state index is -3.51. The van der Waals surface area contributed by atoms with Crippen molar-refractivity contribution >= 4 is 39.7 Å². The van der Waals surface area contributed by atoms with Crippen LogP contribution < -0.4 is 15.8 Å². The molecular formula is C11H20ClN3O3S2. The van der Waals surface area contributed by atoms with Crippen molar-refractivity contribution in [2.75, 3.05) is 13.1 Å². The molecule has 0 radical (unpaired) electrons. The molecule has 1 unspecified atom stereocenters. The molecule has 116 valence electrons. The van der Waals surface area contributed by atoms with Gasteiger partial charge in [-0.3, -0.25) is 4.79 Å². The first-order chi connectivity index (χ1) is 8.74. The number of carbonyl (C=O) groups is 1. The Balaban J connectivity index is 0.00000361. The van der Waals surface area contributed by atoms with Crippen LogP contribution in [0.5, 0.6) is 0 Å². The number of hydrogen-bond acceptors (Lipinski definition) is 5. The molecule has 0 aliphatic carbocycles. The molecule has 4 N–H and O–H groups in total. The SMILES string of the molecule is Cc1cc(S(=O)(=O)NCCNC(=O)C(C)N)c(C)s1.Cl. The number of carbonyl (C=O) groups excluding carboxylic acids is 1. The summed E-state index contributed by atoms with van der Waals surface area (Å²) in [5.41, 5.74) is 5.37. The summed E-state index contributed by atoms with van der Waals surface area (Å²) in [4.78, 5) is 13.2. The molecule has 0 aliphatic heterocycles. The maximum Gasteiger partial charge on any atom is 0.241 e. The predicted molar refractivity (Wildman–Crippen MR) is 82.9 cm³/mol. The van der Waals surface area contributed by atoms with Gasteiger partial charge in [-0.1, -0.05) is 0 Å². The van der Waals surface area contributed by atoms with E-state index in [1.165, 1.54) is 11.3 Å². The summed E-state index contributed by atoms with van der Waals surface area (Å²) in [6.07, 6.45) is 0. The number of aryl methyl sites for hydroxylation is 2. The zero-order chi connectivity index (χ0) is 14.6. The molecule has 0 spiro atoms. The first-order valence-corrected chi connectivity index (χ1v) is 8.14. The van der Waals surface area contributed by atoms with E-state index in [1.807, 2.05) is 6.92 Å². The average Bonchev–Trinajstić information content (AvgIpc) is 2.64. The van der Waals surface area contributed by atoms with E-state index in [9.17, 15) is 13.2 Å². The van der Waals surface area contributed by atoms with E-state index in [4.69, 9.17) is 5.73 Å². The minimum Gasteiger partial charge on any atom is -0.353 e. The summed E-state index contributed by atoms with van der Waals surface area (Å²) in [5, 5.41) is 2.54. The number of nitrogens with one attached hydrogen (secondary N) is 2. The Kier molecular flexibility index (Phi) is 7.67. The van der Waals surface area contributed by atoms with Crippen molar-refractivity contribution in [3.63, 3.8) is 0 Å². The van der Waals surface area contributed by atoms with Gasteiger partial charge in [0.15, 0.2) is 0 Å². The number of rotatable bonds is 6. The van der Waals surface area contributed by atoms with Crippen LogP contribution in [0.4, 0.5) is 0 Å². The van der Waals surface area contributed by atoms with Gasteiger partial charge in [-0.2, -0.15) is 0 Å². The number of hydrogen-bond donors (Lipinski definition) is 3. The van der Waals surface area contributed by atoms with E-state index in [0.717, 1.165) is 9.75 Å². The molecule has 1 aromatic rings. The van der Waals surface area contributed by atoms with Crippen molar-refractivity contribution in [2.24, 2.45) is 5.73 Å². The Hall–Kier alpha value is -0.670. The van der Waals surface area contributed by atoms with Gasteiger partial charge in [0.05, 0.1) is 10.9 Å². The van der Waals surface area contributed by atoms with Gasteiger partial charge in [0.25, 0.3) is 0 Å². The van der Waals surface area contributed by atoms with E-state index in [-0.39, 0.29) is 31.4 Å². The molecule has 0 saturated heterocycles. The molecule has 20 heavy (non-hydrogen) atoms. The average molecular weight is 342 g/mol. The predicted octanol–water partition coefficient (Wildman–Crippen LogP) is 0.528. The molecule has 0 aromatic carbocycles. The van der Waals surface area contributed by atoms with Crippen LogP contribution in [0, 0.1) is 13.8 Å². The largest absolute Gasteiger partial charge is 0.353 e. The molecular weight excluding hydrogens is 322 g/mol. The quantitative estimate of drug-likeness (QED) is 0.657. The fourth-order valence-corrected chi connectivity index (χ4v) is 4.07. The summed E-state index contributed by atoms with van der Waals surface area (Å²) < 4.78 is 26.5. The second-order valence-corrected chi connectivity index (χ2v) is 7.45. The third-order valence-electron chi connectivity index (χ3n) is 2.41. The van der Waals surface area contributed by atoms with Crippen molar-refractivity contribution in [1.82, 2.24) is 10.0 Å². The molecule has 0 saturated carbocycles. The maximum absolute atomic E-state index is 12.0. The minimum absolute atomic E-state index is 0. The normalized spacial score (nSPS) is 12.6. The highest BCUT2D eigenvalue weighted by Gasteiger charge is 2.18. The summed E-state index contributed by atoms with van der Waals surface area (Å²) in [5.74, 6) is -0.304. The third-order valence-corrected chi connectivity index (χ3v) is 5.10. The van der Waals surface area contributed by atoms with Crippen LogP contribution in [0.2, 0.25) is 0 Å².